The summed E-state index contributed by atoms with van der Waals surface area (Å²) >= 11 is 1.06. The van der Waals surface area contributed by atoms with Crippen molar-refractivity contribution in [3.8, 4) is 24.7 Å². The monoisotopic (exact) mass is 702 g/mol. The molecule has 2 N–H and O–H groups in total. The Labute approximate surface area is 298 Å². The van der Waals surface area contributed by atoms with E-state index in [9.17, 15) is 24.3 Å². The highest BCUT2D eigenvalue weighted by atomic mass is 32.1. The van der Waals surface area contributed by atoms with Crippen LogP contribution in [-0.4, -0.2) is 110 Å². The number of thiophene rings is 1. The van der Waals surface area contributed by atoms with Crippen LogP contribution in [0.15, 0.2) is 6.07 Å². The number of rotatable bonds is 9. The molecule has 1 aliphatic carbocycles. The van der Waals surface area contributed by atoms with Gasteiger partial charge >= 0.3 is 5.97 Å². The maximum atomic E-state index is 12.6. The fourth-order valence-corrected chi connectivity index (χ4v) is 6.47. The zero-order chi connectivity index (χ0) is 37.4. The fourth-order valence-electron chi connectivity index (χ4n) is 5.62. The van der Waals surface area contributed by atoms with Gasteiger partial charge in [0.2, 0.25) is 12.3 Å². The quantitative estimate of drug-likeness (QED) is 0.274. The summed E-state index contributed by atoms with van der Waals surface area (Å²) in [5, 5.41) is 13.0. The normalized spacial score (nSPS) is 18.7. The maximum Gasteiger partial charge on any atom is 0.348 e. The zero-order valence-corrected chi connectivity index (χ0v) is 31.8. The van der Waals surface area contributed by atoms with Crippen molar-refractivity contribution in [1.29, 1.82) is 0 Å². The van der Waals surface area contributed by atoms with Gasteiger partial charge in [0.1, 0.15) is 17.1 Å². The molecule has 1 saturated carbocycles. The molecule has 1 aromatic rings. The van der Waals surface area contributed by atoms with E-state index in [1.54, 1.807) is 11.0 Å². The van der Waals surface area contributed by atoms with Crippen LogP contribution < -0.4 is 10.2 Å². The fraction of sp³-hybridized carbons (Fsp3) is 0.676. The molecule has 274 valence electrons. The topological polar surface area (TPSA) is 129 Å². The summed E-state index contributed by atoms with van der Waals surface area (Å²) in [7, 11) is 4.07. The van der Waals surface area contributed by atoms with E-state index >= 15 is 0 Å². The molecule has 0 aromatic carbocycles. The zero-order valence-electron chi connectivity index (χ0n) is 31.0. The van der Waals surface area contributed by atoms with Crippen molar-refractivity contribution in [3.63, 3.8) is 0 Å². The van der Waals surface area contributed by atoms with Gasteiger partial charge in [0, 0.05) is 37.6 Å². The van der Waals surface area contributed by atoms with Crippen LogP contribution in [0.5, 0.6) is 0 Å². The van der Waals surface area contributed by atoms with Gasteiger partial charge in [-0.1, -0.05) is 31.1 Å². The number of anilines is 1. The highest BCUT2D eigenvalue weighted by Gasteiger charge is 2.39. The van der Waals surface area contributed by atoms with Crippen molar-refractivity contribution in [2.24, 2.45) is 5.41 Å². The third kappa shape index (κ3) is 15.8. The Kier molecular flexibility index (Phi) is 18.1. The van der Waals surface area contributed by atoms with Gasteiger partial charge in [-0.15, -0.1) is 24.2 Å². The molecular weight excluding hydrogens is 644 g/mol. The summed E-state index contributed by atoms with van der Waals surface area (Å²) in [5.41, 5.74) is -0.508. The van der Waals surface area contributed by atoms with E-state index in [0.717, 1.165) is 30.5 Å². The molecule has 0 bridgehead atoms. The first kappa shape index (κ1) is 43.6. The van der Waals surface area contributed by atoms with Crippen molar-refractivity contribution in [3.05, 3.63) is 15.8 Å². The number of nitrogens with zero attached hydrogens (tertiary/aromatic N) is 3. The van der Waals surface area contributed by atoms with Crippen LogP contribution in [0.25, 0.3) is 0 Å². The van der Waals surface area contributed by atoms with Gasteiger partial charge in [0.25, 0.3) is 6.47 Å². The molecule has 1 aromatic heterocycles. The van der Waals surface area contributed by atoms with Crippen LogP contribution in [0.2, 0.25) is 0 Å². The molecule has 12 heteroatoms. The lowest BCUT2D eigenvalue weighted by atomic mass is 9.96. The van der Waals surface area contributed by atoms with Crippen LogP contribution in [0.1, 0.15) is 102 Å². The van der Waals surface area contributed by atoms with Gasteiger partial charge in [-0.05, 0) is 87.9 Å². The molecule has 2 aliphatic heterocycles. The highest BCUT2D eigenvalue weighted by Crippen LogP contribution is 2.33. The standard InChI is InChI=1S/C23H31N3O5S.C7H15N.C5H10O2.C2H2/c1-22(2,3)8-6-17-10-18(20(32-17)21(29)30)26(15-27)16-7-9-25(11-16)19(28)12-31-23(4)13-24(5)14-23;1-8-7-5-3-2-4-6-7;1-5(2,3)7-4-6;1-2/h10,15-16H,7,9,11-14H2,1-5H3,(H,29,30);7-8H,2-6H2,1H3;4H,1-3H3;1-2H/t16-;;;/m0.../s1. The lowest BCUT2D eigenvalue weighted by Crippen LogP contribution is -2.60. The number of terminal acetylenes is 1. The number of nitrogens with one attached hydrogen (secondary N) is 1. The van der Waals surface area contributed by atoms with Gasteiger partial charge in [0.15, 0.2) is 0 Å². The number of hydrogen-bond donors (Lipinski definition) is 2. The highest BCUT2D eigenvalue weighted by molar-refractivity contribution is 7.15. The molecule has 3 fully saturated rings. The first-order valence-corrected chi connectivity index (χ1v) is 17.6. The number of likely N-dealkylation sites (tertiary alicyclic amines) is 2. The largest absolute Gasteiger partial charge is 0.477 e. The maximum absolute atomic E-state index is 12.6. The lowest BCUT2D eigenvalue weighted by molar-refractivity contribution is -0.156. The Morgan fingerprint density at radius 2 is 1.73 bits per heavy atom. The summed E-state index contributed by atoms with van der Waals surface area (Å²) in [6.45, 7) is 16.3. The van der Waals surface area contributed by atoms with E-state index < -0.39 is 5.97 Å². The Hall–Kier alpha value is -3.42. The van der Waals surface area contributed by atoms with E-state index in [4.69, 9.17) is 4.74 Å². The minimum atomic E-state index is -1.10. The van der Waals surface area contributed by atoms with Crippen LogP contribution in [0.3, 0.4) is 0 Å². The second kappa shape index (κ2) is 20.3. The predicted molar refractivity (Wildman–Crippen MR) is 196 cm³/mol. The number of ether oxygens (including phenoxy) is 2. The van der Waals surface area contributed by atoms with Crippen LogP contribution in [0, 0.1) is 30.1 Å². The molecular formula is C37H58N4O7S. The molecule has 11 nitrogen and oxygen atoms in total. The minimum absolute atomic E-state index is 0.00349. The van der Waals surface area contributed by atoms with E-state index in [2.05, 4.69) is 46.7 Å². The number of amides is 2. The van der Waals surface area contributed by atoms with Gasteiger partial charge in [0.05, 0.1) is 22.2 Å². The third-order valence-corrected chi connectivity index (χ3v) is 8.96. The van der Waals surface area contributed by atoms with Crippen molar-refractivity contribution in [2.75, 3.05) is 51.8 Å². The van der Waals surface area contributed by atoms with E-state index in [1.807, 2.05) is 55.5 Å². The summed E-state index contributed by atoms with van der Waals surface area (Å²) in [5.74, 6) is 4.90. The number of likely N-dealkylation sites (N-methyl/N-ethyl adjacent to an activating group) is 1. The first-order chi connectivity index (χ1) is 22.9. The SMILES string of the molecule is C#C.CC(C)(C)OC=O.CN1CC(C)(OCC(=O)N2CC[C@H](N(C=O)c3cc(C#CC(C)(C)C)sc3C(=O)O)C2)C1.CNC1CCCCC1. The molecule has 2 saturated heterocycles. The van der Waals surface area contributed by atoms with Crippen LogP contribution in [-0.2, 0) is 23.9 Å². The minimum Gasteiger partial charge on any atom is -0.477 e. The van der Waals surface area contributed by atoms with Crippen molar-refractivity contribution >= 4 is 41.8 Å². The van der Waals surface area contributed by atoms with E-state index in [0.29, 0.717) is 43.0 Å². The number of hydrogen-bond acceptors (Lipinski definition) is 9. The summed E-state index contributed by atoms with van der Waals surface area (Å²) in [4.78, 5) is 51.9. The summed E-state index contributed by atoms with van der Waals surface area (Å²) in [6, 6.07) is 2.20. The number of carboxylic acids is 1. The lowest BCUT2D eigenvalue weighted by Gasteiger charge is -2.45. The Balaban J connectivity index is 0.000000578. The first-order valence-electron chi connectivity index (χ1n) is 16.8. The van der Waals surface area contributed by atoms with Crippen molar-refractivity contribution in [1.82, 2.24) is 15.1 Å². The van der Waals surface area contributed by atoms with Crippen LogP contribution in [0.4, 0.5) is 5.69 Å². The Bertz CT molecular complexity index is 1290. The number of carbonyl (C=O) groups is 4. The summed E-state index contributed by atoms with van der Waals surface area (Å²) in [6.07, 6.45) is 16.3. The van der Waals surface area contributed by atoms with Crippen molar-refractivity contribution in [2.45, 2.75) is 110 Å². The third-order valence-electron chi connectivity index (χ3n) is 7.94. The Morgan fingerprint density at radius 3 is 2.16 bits per heavy atom. The molecule has 2 amide bonds. The van der Waals surface area contributed by atoms with Gasteiger partial charge < -0.3 is 34.6 Å². The Morgan fingerprint density at radius 1 is 1.12 bits per heavy atom. The van der Waals surface area contributed by atoms with Gasteiger partial charge in [-0.25, -0.2) is 4.79 Å². The molecule has 0 spiro atoms. The van der Waals surface area contributed by atoms with E-state index in [1.165, 1.54) is 37.0 Å². The van der Waals surface area contributed by atoms with Gasteiger partial charge in [-0.2, -0.15) is 0 Å². The molecule has 1 atom stereocenters. The molecule has 3 aliphatic rings. The predicted octanol–water partition coefficient (Wildman–Crippen LogP) is 4.87. The average Bonchev–Trinajstić information content (AvgIpc) is 3.68. The molecule has 49 heavy (non-hydrogen) atoms. The van der Waals surface area contributed by atoms with Crippen LogP contribution >= 0.6 is 11.3 Å². The second-order valence-corrected chi connectivity index (χ2v) is 15.8. The molecule has 0 radical (unpaired) electrons. The molecule has 4 rings (SSSR count). The number of carboxylic acid groups (broad SMARTS) is 1. The van der Waals surface area contributed by atoms with Crippen molar-refractivity contribution < 1.29 is 33.8 Å². The smallest absolute Gasteiger partial charge is 0.348 e. The number of carbonyl (C=O) groups excluding carboxylic acids is 3. The second-order valence-electron chi connectivity index (χ2n) is 14.8. The van der Waals surface area contributed by atoms with E-state index in [-0.39, 0.29) is 40.1 Å². The average molecular weight is 703 g/mol. The number of aromatic carboxylic acids is 1. The summed E-state index contributed by atoms with van der Waals surface area (Å²) < 4.78 is 10.4. The van der Waals surface area contributed by atoms with Gasteiger partial charge in [-0.3, -0.25) is 14.4 Å². The molecule has 0 unspecified atom stereocenters. The molecule has 3 heterocycles.